The third-order valence-corrected chi connectivity index (χ3v) is 6.52. The standard InChI is InChI=1S/C16H19F3N2O3S/c1-11-2-5-13(10-14(11)16(17,18)19)25(23,24)21-8-6-20(7-9-21)15(22)12-3-4-12/h2,5,10,12H,3-4,6-9H2,1H3. The van der Waals surface area contributed by atoms with Gasteiger partial charge >= 0.3 is 6.18 Å². The molecule has 2 aliphatic rings. The van der Waals surface area contributed by atoms with Gasteiger partial charge in [-0.15, -0.1) is 0 Å². The van der Waals surface area contributed by atoms with Crippen LogP contribution in [0, 0.1) is 12.8 Å². The van der Waals surface area contributed by atoms with E-state index < -0.39 is 21.8 Å². The van der Waals surface area contributed by atoms with Gasteiger partial charge in [-0.1, -0.05) is 6.07 Å². The zero-order valence-electron chi connectivity index (χ0n) is 13.7. The highest BCUT2D eigenvalue weighted by Crippen LogP contribution is 2.34. The van der Waals surface area contributed by atoms with E-state index in [0.717, 1.165) is 17.1 Å². The van der Waals surface area contributed by atoms with E-state index >= 15 is 0 Å². The summed E-state index contributed by atoms with van der Waals surface area (Å²) in [5, 5.41) is 0. The van der Waals surface area contributed by atoms with Gasteiger partial charge in [-0.3, -0.25) is 4.79 Å². The zero-order valence-corrected chi connectivity index (χ0v) is 14.5. The fraction of sp³-hybridized carbons (Fsp3) is 0.562. The number of alkyl halides is 3. The Balaban J connectivity index is 1.77. The minimum atomic E-state index is -4.61. The average Bonchev–Trinajstić information content (AvgIpc) is 3.38. The molecule has 25 heavy (non-hydrogen) atoms. The highest BCUT2D eigenvalue weighted by Gasteiger charge is 2.38. The Bertz CT molecular complexity index is 780. The minimum absolute atomic E-state index is 0.0219. The summed E-state index contributed by atoms with van der Waals surface area (Å²) in [5.41, 5.74) is -0.970. The predicted molar refractivity (Wildman–Crippen MR) is 84.2 cm³/mol. The number of piperazine rings is 1. The molecule has 0 N–H and O–H groups in total. The second-order valence-electron chi connectivity index (χ2n) is 6.48. The van der Waals surface area contributed by atoms with E-state index in [-0.39, 0.29) is 48.5 Å². The van der Waals surface area contributed by atoms with Crippen LogP contribution in [0.15, 0.2) is 23.1 Å². The van der Waals surface area contributed by atoms with Crippen molar-refractivity contribution in [1.82, 2.24) is 9.21 Å². The van der Waals surface area contributed by atoms with Crippen molar-refractivity contribution in [2.45, 2.75) is 30.8 Å². The molecule has 2 fully saturated rings. The van der Waals surface area contributed by atoms with Crippen LogP contribution < -0.4 is 0 Å². The Morgan fingerprint density at radius 2 is 1.72 bits per heavy atom. The lowest BCUT2D eigenvalue weighted by atomic mass is 10.1. The Hall–Kier alpha value is -1.61. The Morgan fingerprint density at radius 1 is 1.12 bits per heavy atom. The summed E-state index contributed by atoms with van der Waals surface area (Å²) in [6.45, 7) is 2.02. The molecule has 9 heteroatoms. The van der Waals surface area contributed by atoms with Crippen LogP contribution in [0.1, 0.15) is 24.0 Å². The first-order valence-corrected chi connectivity index (χ1v) is 9.51. The number of benzene rings is 1. The number of hydrogen-bond acceptors (Lipinski definition) is 3. The summed E-state index contributed by atoms with van der Waals surface area (Å²) in [4.78, 5) is 13.3. The largest absolute Gasteiger partial charge is 0.416 e. The number of nitrogens with zero attached hydrogens (tertiary/aromatic N) is 2. The van der Waals surface area contributed by atoms with Crippen LogP contribution in [-0.4, -0.2) is 49.7 Å². The highest BCUT2D eigenvalue weighted by molar-refractivity contribution is 7.89. The van der Waals surface area contributed by atoms with Gasteiger partial charge in [-0.2, -0.15) is 17.5 Å². The summed E-state index contributed by atoms with van der Waals surface area (Å²) in [6.07, 6.45) is -2.85. The van der Waals surface area contributed by atoms with Crippen LogP contribution in [0.2, 0.25) is 0 Å². The van der Waals surface area contributed by atoms with E-state index in [1.165, 1.54) is 19.1 Å². The number of halogens is 3. The predicted octanol–water partition coefficient (Wildman–Crippen LogP) is 2.26. The minimum Gasteiger partial charge on any atom is -0.340 e. The van der Waals surface area contributed by atoms with Gasteiger partial charge in [0, 0.05) is 32.1 Å². The molecule has 1 heterocycles. The van der Waals surface area contributed by atoms with E-state index in [9.17, 15) is 26.4 Å². The molecule has 5 nitrogen and oxygen atoms in total. The van der Waals surface area contributed by atoms with Crippen LogP contribution in [0.25, 0.3) is 0 Å². The monoisotopic (exact) mass is 376 g/mol. The van der Waals surface area contributed by atoms with Crippen LogP contribution >= 0.6 is 0 Å². The molecule has 138 valence electrons. The molecule has 1 saturated heterocycles. The molecule has 0 radical (unpaired) electrons. The van der Waals surface area contributed by atoms with Gasteiger partial charge in [-0.05, 0) is 37.5 Å². The highest BCUT2D eigenvalue weighted by atomic mass is 32.2. The molecule has 0 spiro atoms. The van der Waals surface area contributed by atoms with E-state index in [4.69, 9.17) is 0 Å². The van der Waals surface area contributed by atoms with E-state index in [1.807, 2.05) is 0 Å². The van der Waals surface area contributed by atoms with Crippen molar-refractivity contribution in [3.63, 3.8) is 0 Å². The molecule has 1 aromatic rings. The summed E-state index contributed by atoms with van der Waals surface area (Å²) in [5.74, 6) is 0.112. The fourth-order valence-electron chi connectivity index (χ4n) is 2.95. The lowest BCUT2D eigenvalue weighted by molar-refractivity contribution is -0.138. The number of carbonyl (C=O) groups excluding carboxylic acids is 1. The van der Waals surface area contributed by atoms with Crippen molar-refractivity contribution < 1.29 is 26.4 Å². The van der Waals surface area contributed by atoms with Gasteiger partial charge < -0.3 is 4.90 Å². The second kappa shape index (κ2) is 6.28. The Labute approximate surface area is 144 Å². The van der Waals surface area contributed by atoms with Crippen molar-refractivity contribution in [3.05, 3.63) is 29.3 Å². The fourth-order valence-corrected chi connectivity index (χ4v) is 4.40. The lowest BCUT2D eigenvalue weighted by Gasteiger charge is -2.34. The van der Waals surface area contributed by atoms with Gasteiger partial charge in [0.25, 0.3) is 0 Å². The maximum atomic E-state index is 13.0. The summed E-state index contributed by atoms with van der Waals surface area (Å²) >= 11 is 0. The summed E-state index contributed by atoms with van der Waals surface area (Å²) < 4.78 is 65.5. The maximum absolute atomic E-state index is 13.0. The molecule has 0 atom stereocenters. The first kappa shape index (κ1) is 18.2. The molecule has 0 bridgehead atoms. The third-order valence-electron chi connectivity index (χ3n) is 4.63. The number of hydrogen-bond donors (Lipinski definition) is 0. The Kier molecular flexibility index (Phi) is 4.57. The number of aryl methyl sites for hydroxylation is 1. The molecule has 0 aromatic heterocycles. The topological polar surface area (TPSA) is 57.7 Å². The molecular weight excluding hydrogens is 357 g/mol. The van der Waals surface area contributed by atoms with Crippen LogP contribution in [0.4, 0.5) is 13.2 Å². The quantitative estimate of drug-likeness (QED) is 0.813. The van der Waals surface area contributed by atoms with Gasteiger partial charge in [0.2, 0.25) is 15.9 Å². The first-order chi connectivity index (χ1) is 11.6. The number of rotatable bonds is 3. The van der Waals surface area contributed by atoms with Gasteiger partial charge in [-0.25, -0.2) is 8.42 Å². The van der Waals surface area contributed by atoms with Crippen molar-refractivity contribution >= 4 is 15.9 Å². The van der Waals surface area contributed by atoms with Gasteiger partial charge in [0.05, 0.1) is 10.5 Å². The number of carbonyl (C=O) groups is 1. The SMILES string of the molecule is Cc1ccc(S(=O)(=O)N2CCN(C(=O)C3CC3)CC2)cc1C(F)(F)F. The molecule has 1 saturated carbocycles. The van der Waals surface area contributed by atoms with Crippen molar-refractivity contribution in [3.8, 4) is 0 Å². The average molecular weight is 376 g/mol. The molecule has 1 aliphatic heterocycles. The molecule has 1 aromatic carbocycles. The van der Waals surface area contributed by atoms with E-state index in [1.54, 1.807) is 4.90 Å². The Morgan fingerprint density at radius 3 is 2.24 bits per heavy atom. The van der Waals surface area contributed by atoms with Crippen molar-refractivity contribution in [2.24, 2.45) is 5.92 Å². The molecule has 3 rings (SSSR count). The smallest absolute Gasteiger partial charge is 0.340 e. The van der Waals surface area contributed by atoms with E-state index in [0.29, 0.717) is 6.07 Å². The van der Waals surface area contributed by atoms with Gasteiger partial charge in [0.1, 0.15) is 0 Å². The van der Waals surface area contributed by atoms with Crippen molar-refractivity contribution in [1.29, 1.82) is 0 Å². The summed E-state index contributed by atoms with van der Waals surface area (Å²) in [6, 6.07) is 3.05. The van der Waals surface area contributed by atoms with Crippen LogP contribution in [0.5, 0.6) is 0 Å². The molecule has 0 unspecified atom stereocenters. The molecule has 1 amide bonds. The summed E-state index contributed by atoms with van der Waals surface area (Å²) in [7, 11) is -4.02. The molecular formula is C16H19F3N2O3S. The second-order valence-corrected chi connectivity index (χ2v) is 8.42. The van der Waals surface area contributed by atoms with Gasteiger partial charge in [0.15, 0.2) is 0 Å². The van der Waals surface area contributed by atoms with Crippen LogP contribution in [0.3, 0.4) is 0 Å². The molecule has 1 aliphatic carbocycles. The number of amides is 1. The van der Waals surface area contributed by atoms with Crippen LogP contribution in [-0.2, 0) is 21.0 Å². The van der Waals surface area contributed by atoms with Crippen molar-refractivity contribution in [2.75, 3.05) is 26.2 Å². The number of sulfonamides is 1. The third kappa shape index (κ3) is 3.67. The zero-order chi connectivity index (χ0) is 18.4. The van der Waals surface area contributed by atoms with E-state index in [2.05, 4.69) is 0 Å². The maximum Gasteiger partial charge on any atom is 0.416 e. The lowest BCUT2D eigenvalue weighted by Crippen LogP contribution is -2.50. The normalized spacial score (nSPS) is 19.9. The first-order valence-electron chi connectivity index (χ1n) is 8.07.